The number of halogens is 1. The number of guanidine groups is 1. The van der Waals surface area contributed by atoms with Crippen molar-refractivity contribution in [3.63, 3.8) is 0 Å². The number of ether oxygens (including phenoxy) is 1. The zero-order chi connectivity index (χ0) is 33.2. The molecule has 252 valence electrons. The van der Waals surface area contributed by atoms with Gasteiger partial charge in [-0.25, -0.2) is 9.97 Å². The number of nitrogens with two attached hydrogens (primary N) is 2. The van der Waals surface area contributed by atoms with E-state index < -0.39 is 36.9 Å². The van der Waals surface area contributed by atoms with Gasteiger partial charge in [-0.15, -0.1) is 0 Å². The molecule has 10 N–H and O–H groups in total. The molecule has 0 aliphatic rings. The van der Waals surface area contributed by atoms with Gasteiger partial charge < -0.3 is 41.7 Å². The minimum Gasteiger partial charge on any atom is -0.492 e. The van der Waals surface area contributed by atoms with Crippen LogP contribution in [-0.2, 0) is 6.42 Å². The summed E-state index contributed by atoms with van der Waals surface area (Å²) in [6.07, 6.45) is 1.67. The molecule has 0 saturated heterocycles. The summed E-state index contributed by atoms with van der Waals surface area (Å²) in [4.78, 5) is 25.9. The van der Waals surface area contributed by atoms with Crippen LogP contribution in [0.4, 0.5) is 5.82 Å². The quantitative estimate of drug-likeness (QED) is 0.0522. The van der Waals surface area contributed by atoms with Crippen molar-refractivity contribution in [3.05, 3.63) is 46.9 Å². The number of anilines is 1. The lowest BCUT2D eigenvalue weighted by Crippen LogP contribution is -2.50. The minimum absolute atomic E-state index is 0.0225. The summed E-state index contributed by atoms with van der Waals surface area (Å²) in [6, 6.07) is 7.76. The summed E-state index contributed by atoms with van der Waals surface area (Å²) in [5, 5.41) is 51.6. The Morgan fingerprint density at radius 2 is 1.76 bits per heavy atom. The average Bonchev–Trinajstić information content (AvgIpc) is 3.03. The Hall–Kier alpha value is -3.11. The van der Waals surface area contributed by atoms with Gasteiger partial charge >= 0.3 is 0 Å². The number of aliphatic imine (C=N–C) groups is 1. The lowest BCUT2D eigenvalue weighted by Gasteiger charge is -2.30. The molecule has 1 aromatic heterocycles. The van der Waals surface area contributed by atoms with Crippen LogP contribution in [-0.4, -0.2) is 116 Å². The van der Waals surface area contributed by atoms with Gasteiger partial charge in [-0.1, -0.05) is 49.9 Å². The van der Waals surface area contributed by atoms with Crippen molar-refractivity contribution < 1.29 is 35.1 Å². The van der Waals surface area contributed by atoms with Crippen LogP contribution in [0.15, 0.2) is 35.5 Å². The van der Waals surface area contributed by atoms with Crippen LogP contribution in [0.5, 0.6) is 5.75 Å². The number of hydrogen-bond acceptors (Lipinski definition) is 12. The molecule has 0 aliphatic carbocycles. The van der Waals surface area contributed by atoms with Crippen molar-refractivity contribution in [2.45, 2.75) is 76.3 Å². The molecule has 0 fully saturated rings. The number of carbonyl (C=O) groups is 1. The summed E-state index contributed by atoms with van der Waals surface area (Å²) in [5.74, 6) is 0.116. The molecule has 15 heteroatoms. The van der Waals surface area contributed by atoms with Gasteiger partial charge in [0.05, 0.1) is 18.9 Å². The summed E-state index contributed by atoms with van der Waals surface area (Å²) in [7, 11) is 0. The van der Waals surface area contributed by atoms with E-state index in [0.717, 1.165) is 50.5 Å². The van der Waals surface area contributed by atoms with Gasteiger partial charge in [-0.3, -0.25) is 20.0 Å². The van der Waals surface area contributed by atoms with E-state index in [0.29, 0.717) is 32.0 Å². The minimum atomic E-state index is -1.66. The molecule has 1 aromatic carbocycles. The number of rotatable bonds is 21. The normalized spacial score (nSPS) is 14.6. The number of aliphatic hydroxyl groups is 5. The van der Waals surface area contributed by atoms with Gasteiger partial charge in [0.2, 0.25) is 0 Å². The monoisotopic (exact) mass is 653 g/mol. The molecule has 2 aromatic rings. The van der Waals surface area contributed by atoms with E-state index in [1.807, 2.05) is 29.2 Å². The van der Waals surface area contributed by atoms with E-state index in [9.17, 15) is 25.2 Å². The maximum absolute atomic E-state index is 12.2. The number of aliphatic hydroxyl groups excluding tert-OH is 5. The molecule has 2 rings (SSSR count). The van der Waals surface area contributed by atoms with E-state index in [2.05, 4.69) is 27.2 Å². The third-order valence-electron chi connectivity index (χ3n) is 7.08. The maximum atomic E-state index is 12.2. The summed E-state index contributed by atoms with van der Waals surface area (Å²) >= 11 is 5.79. The number of carbonyl (C=O) groups excluding carboxylic acids is 1. The first kappa shape index (κ1) is 38.1. The molecule has 0 bridgehead atoms. The van der Waals surface area contributed by atoms with Crippen LogP contribution in [0.1, 0.15) is 61.5 Å². The average molecular weight is 654 g/mol. The smallest absolute Gasteiger partial charge is 0.278 e. The predicted molar refractivity (Wildman–Crippen MR) is 172 cm³/mol. The van der Waals surface area contributed by atoms with Gasteiger partial charge in [0.15, 0.2) is 16.9 Å². The van der Waals surface area contributed by atoms with Gasteiger partial charge in [0, 0.05) is 19.6 Å². The lowest BCUT2D eigenvalue weighted by atomic mass is 10.0. The number of aromatic nitrogens is 2. The zero-order valence-electron chi connectivity index (χ0n) is 25.8. The highest BCUT2D eigenvalue weighted by Crippen LogP contribution is 2.15. The molecule has 0 spiro atoms. The fourth-order valence-electron chi connectivity index (χ4n) is 4.38. The standard InChI is InChI=1S/C30H48ClN7O7/c1-2-3-4-7-14-38(18-23(40)25(42)26(43)24(41)19-39)15-16-45-21-11-9-20(10-12-21)8-5-6-13-34-30(33)37-29(44)22-17-35-28(32)27(31)36-22/h9-12,17,23-26,39-43H,2-8,13-16,18-19H2,1H3,(H2,32,35)(H3,33,34,37,44)/t23-,24+,25+,26+/m0/s1. The molecule has 1 amide bonds. The number of amides is 1. The third-order valence-corrected chi connectivity index (χ3v) is 7.36. The van der Waals surface area contributed by atoms with E-state index in [-0.39, 0.29) is 29.2 Å². The highest BCUT2D eigenvalue weighted by molar-refractivity contribution is 6.31. The Morgan fingerprint density at radius 1 is 1.04 bits per heavy atom. The molecule has 4 atom stereocenters. The van der Waals surface area contributed by atoms with Crippen molar-refractivity contribution in [2.75, 3.05) is 45.1 Å². The van der Waals surface area contributed by atoms with Crippen LogP contribution in [0.3, 0.4) is 0 Å². The Bertz CT molecular complexity index is 1180. The molecule has 0 saturated carbocycles. The summed E-state index contributed by atoms with van der Waals surface area (Å²) < 4.78 is 5.91. The van der Waals surface area contributed by atoms with E-state index >= 15 is 0 Å². The van der Waals surface area contributed by atoms with Crippen LogP contribution in [0, 0.1) is 0 Å². The lowest BCUT2D eigenvalue weighted by molar-refractivity contribution is -0.119. The van der Waals surface area contributed by atoms with Crippen LogP contribution >= 0.6 is 11.6 Å². The van der Waals surface area contributed by atoms with Crippen molar-refractivity contribution in [1.82, 2.24) is 20.2 Å². The van der Waals surface area contributed by atoms with Crippen molar-refractivity contribution in [2.24, 2.45) is 10.7 Å². The van der Waals surface area contributed by atoms with Crippen molar-refractivity contribution in [3.8, 4) is 5.75 Å². The number of hydrogen-bond donors (Lipinski definition) is 8. The second-order valence-corrected chi connectivity index (χ2v) is 11.1. The molecule has 0 aliphatic heterocycles. The van der Waals surface area contributed by atoms with Crippen LogP contribution in [0.2, 0.25) is 5.15 Å². The van der Waals surface area contributed by atoms with Gasteiger partial charge in [0.1, 0.15) is 36.4 Å². The van der Waals surface area contributed by atoms with Crippen LogP contribution < -0.4 is 21.5 Å². The van der Waals surface area contributed by atoms with E-state index in [1.54, 1.807) is 0 Å². The second-order valence-electron chi connectivity index (χ2n) is 10.8. The fourth-order valence-corrected chi connectivity index (χ4v) is 4.52. The molecular weight excluding hydrogens is 606 g/mol. The maximum Gasteiger partial charge on any atom is 0.278 e. The predicted octanol–water partition coefficient (Wildman–Crippen LogP) is 0.477. The molecule has 0 unspecified atom stereocenters. The first-order valence-electron chi connectivity index (χ1n) is 15.2. The largest absolute Gasteiger partial charge is 0.492 e. The first-order valence-corrected chi connectivity index (χ1v) is 15.6. The van der Waals surface area contributed by atoms with Crippen LogP contribution in [0.25, 0.3) is 0 Å². The molecule has 14 nitrogen and oxygen atoms in total. The van der Waals surface area contributed by atoms with Gasteiger partial charge in [0.25, 0.3) is 5.91 Å². The summed E-state index contributed by atoms with van der Waals surface area (Å²) in [6.45, 7) is 3.44. The van der Waals surface area contributed by atoms with Gasteiger partial charge in [-0.05, 0) is 49.9 Å². The number of unbranched alkanes of at least 4 members (excludes halogenated alkanes) is 4. The Labute approximate surface area is 269 Å². The molecule has 1 heterocycles. The SMILES string of the molecule is CCCCCCN(CCOc1ccc(CCCCN=C(N)NC(=O)c2cnc(N)c(Cl)n2)cc1)C[C@H](O)[C@@H](O)[C@H](O)[C@H](O)CO. The van der Waals surface area contributed by atoms with Crippen molar-refractivity contribution >= 4 is 29.3 Å². The Morgan fingerprint density at radius 3 is 2.42 bits per heavy atom. The number of nitrogen functional groups attached to an aromatic ring is 1. The molecule has 0 radical (unpaired) electrons. The zero-order valence-corrected chi connectivity index (χ0v) is 26.5. The van der Waals surface area contributed by atoms with E-state index in [1.165, 1.54) is 6.20 Å². The molecule has 45 heavy (non-hydrogen) atoms. The first-order chi connectivity index (χ1) is 21.5. The molecular formula is C30H48ClN7O7. The fraction of sp³-hybridized carbons (Fsp3) is 0.600. The summed E-state index contributed by atoms with van der Waals surface area (Å²) in [5.41, 5.74) is 12.4. The highest BCUT2D eigenvalue weighted by atomic mass is 35.5. The Kier molecular flexibility index (Phi) is 17.6. The number of aryl methyl sites for hydroxylation is 1. The number of benzene rings is 1. The highest BCUT2D eigenvalue weighted by Gasteiger charge is 2.31. The van der Waals surface area contributed by atoms with Crippen molar-refractivity contribution in [1.29, 1.82) is 0 Å². The van der Waals surface area contributed by atoms with Gasteiger partial charge in [-0.2, -0.15) is 0 Å². The third kappa shape index (κ3) is 14.2. The number of nitrogens with one attached hydrogen (secondary N) is 1. The van der Waals surface area contributed by atoms with E-state index in [4.69, 9.17) is 32.9 Å². The topological polar surface area (TPSA) is 233 Å². The number of nitrogens with zero attached hydrogens (tertiary/aromatic N) is 4. The Balaban J connectivity index is 1.75. The second kappa shape index (κ2) is 20.8.